The molecule has 6 rings (SSSR count). The fourth-order valence-electron chi connectivity index (χ4n) is 5.31. The van der Waals surface area contributed by atoms with Crippen LogP contribution >= 0.6 is 0 Å². The van der Waals surface area contributed by atoms with Gasteiger partial charge in [-0.05, 0) is 66.0 Å². The van der Waals surface area contributed by atoms with Crippen LogP contribution in [-0.4, -0.2) is 21.5 Å². The molecule has 2 heterocycles. The first kappa shape index (κ1) is 18.8. The molecule has 1 atom stereocenters. The molecule has 3 N–H and O–H groups in total. The molecule has 4 nitrogen and oxygen atoms in total. The third-order valence-corrected chi connectivity index (χ3v) is 7.36. The highest BCUT2D eigenvalue weighted by Gasteiger charge is 2.38. The molecule has 4 aromatic rings. The lowest BCUT2D eigenvalue weighted by atomic mass is 9.77. The fraction of sp³-hybridized carbons (Fsp3) is 0.333. The van der Waals surface area contributed by atoms with Crippen molar-refractivity contribution in [2.75, 3.05) is 6.54 Å². The predicted molar refractivity (Wildman–Crippen MR) is 125 cm³/mol. The lowest BCUT2D eigenvalue weighted by Crippen LogP contribution is -2.36. The Morgan fingerprint density at radius 1 is 1.00 bits per heavy atom. The Kier molecular flexibility index (Phi) is 4.43. The first-order chi connectivity index (χ1) is 15.2. The quantitative estimate of drug-likeness (QED) is 0.474. The molecule has 4 heteroatoms. The molecule has 0 saturated heterocycles. The third kappa shape index (κ3) is 3.35. The highest BCUT2D eigenvalue weighted by atomic mass is 14.9. The van der Waals surface area contributed by atoms with E-state index in [1.54, 1.807) is 6.33 Å². The van der Waals surface area contributed by atoms with E-state index in [4.69, 9.17) is 5.73 Å². The van der Waals surface area contributed by atoms with Crippen molar-refractivity contribution in [3.8, 4) is 11.3 Å². The SMILES string of the molecule is NCC1(c2cccc(-c3ncnc4[nH]ccc34)c2)Cc2ccc(CCC3CC3)cc2C1. The van der Waals surface area contributed by atoms with Crippen LogP contribution in [0.3, 0.4) is 0 Å². The van der Waals surface area contributed by atoms with Crippen LogP contribution < -0.4 is 5.73 Å². The first-order valence-corrected chi connectivity index (χ1v) is 11.4. The van der Waals surface area contributed by atoms with Crippen LogP contribution in [0.2, 0.25) is 0 Å². The molecule has 1 unspecified atom stereocenters. The normalized spacial score (nSPS) is 20.3. The second-order valence-electron chi connectivity index (χ2n) is 9.47. The van der Waals surface area contributed by atoms with Crippen LogP contribution in [0.25, 0.3) is 22.3 Å². The Bertz CT molecular complexity index is 1250. The zero-order valence-electron chi connectivity index (χ0n) is 17.8. The zero-order valence-corrected chi connectivity index (χ0v) is 17.8. The smallest absolute Gasteiger partial charge is 0.141 e. The van der Waals surface area contributed by atoms with Gasteiger partial charge in [0.05, 0.1) is 5.69 Å². The second-order valence-corrected chi connectivity index (χ2v) is 9.47. The van der Waals surface area contributed by atoms with Gasteiger partial charge in [0.15, 0.2) is 0 Å². The molecule has 156 valence electrons. The number of H-pyrrole nitrogens is 1. The van der Waals surface area contributed by atoms with Crippen molar-refractivity contribution < 1.29 is 0 Å². The summed E-state index contributed by atoms with van der Waals surface area (Å²) in [6.45, 7) is 0.645. The van der Waals surface area contributed by atoms with Crippen LogP contribution in [0.4, 0.5) is 0 Å². The van der Waals surface area contributed by atoms with Crippen LogP contribution in [0.1, 0.15) is 41.5 Å². The standard InChI is InChI=1S/C27H28N4/c28-16-27(14-21-9-8-19(12-22(21)15-27)7-6-18-4-5-18)23-3-1-2-20(13-23)25-24-10-11-29-26(24)31-17-30-25/h1-3,8-13,17-18H,4-7,14-16,28H2,(H,29,30,31). The molecule has 2 aromatic carbocycles. The molecule has 2 aliphatic carbocycles. The Morgan fingerprint density at radius 2 is 1.90 bits per heavy atom. The largest absolute Gasteiger partial charge is 0.346 e. The van der Waals surface area contributed by atoms with E-state index in [1.807, 2.05) is 12.3 Å². The van der Waals surface area contributed by atoms with Crippen molar-refractivity contribution in [3.63, 3.8) is 0 Å². The number of rotatable bonds is 6. The summed E-state index contributed by atoms with van der Waals surface area (Å²) >= 11 is 0. The summed E-state index contributed by atoms with van der Waals surface area (Å²) in [5.41, 5.74) is 15.1. The van der Waals surface area contributed by atoms with E-state index in [0.29, 0.717) is 6.54 Å². The highest BCUT2D eigenvalue weighted by Crippen LogP contribution is 2.41. The van der Waals surface area contributed by atoms with Gasteiger partial charge in [0.25, 0.3) is 0 Å². The van der Waals surface area contributed by atoms with E-state index < -0.39 is 0 Å². The van der Waals surface area contributed by atoms with Crippen molar-refractivity contribution in [2.24, 2.45) is 11.7 Å². The molecule has 2 aliphatic rings. The number of aromatic nitrogens is 3. The number of hydrogen-bond donors (Lipinski definition) is 2. The molecule has 1 saturated carbocycles. The average Bonchev–Trinajstić information content (AvgIpc) is 3.37. The summed E-state index contributed by atoms with van der Waals surface area (Å²) in [6.07, 6.45) is 11.0. The summed E-state index contributed by atoms with van der Waals surface area (Å²) < 4.78 is 0. The van der Waals surface area contributed by atoms with Gasteiger partial charge in [0.1, 0.15) is 12.0 Å². The number of nitrogens with zero attached hydrogens (tertiary/aromatic N) is 2. The Balaban J connectivity index is 1.33. The monoisotopic (exact) mass is 408 g/mol. The number of benzene rings is 2. The maximum Gasteiger partial charge on any atom is 0.141 e. The van der Waals surface area contributed by atoms with Crippen molar-refractivity contribution in [1.82, 2.24) is 15.0 Å². The van der Waals surface area contributed by atoms with Crippen LogP contribution in [0.5, 0.6) is 0 Å². The van der Waals surface area contributed by atoms with E-state index in [2.05, 4.69) is 57.4 Å². The maximum atomic E-state index is 6.46. The van der Waals surface area contributed by atoms with Gasteiger partial charge in [-0.25, -0.2) is 9.97 Å². The van der Waals surface area contributed by atoms with Crippen molar-refractivity contribution in [3.05, 3.63) is 83.3 Å². The predicted octanol–water partition coefficient (Wildman–Crippen LogP) is 4.96. The van der Waals surface area contributed by atoms with E-state index >= 15 is 0 Å². The van der Waals surface area contributed by atoms with Gasteiger partial charge >= 0.3 is 0 Å². The van der Waals surface area contributed by atoms with E-state index in [1.165, 1.54) is 47.9 Å². The molecule has 0 bridgehead atoms. The van der Waals surface area contributed by atoms with Crippen molar-refractivity contribution in [2.45, 2.75) is 43.9 Å². The molecule has 0 spiro atoms. The molecule has 0 radical (unpaired) electrons. The number of hydrogen-bond acceptors (Lipinski definition) is 3. The molecule has 2 aromatic heterocycles. The molecule has 0 aliphatic heterocycles. The number of aryl methyl sites for hydroxylation is 1. The van der Waals surface area contributed by atoms with Gasteiger partial charge in [-0.1, -0.05) is 49.2 Å². The van der Waals surface area contributed by atoms with E-state index in [-0.39, 0.29) is 5.41 Å². The minimum Gasteiger partial charge on any atom is -0.346 e. The zero-order chi connectivity index (χ0) is 20.8. The summed E-state index contributed by atoms with van der Waals surface area (Å²) in [4.78, 5) is 12.1. The average molecular weight is 409 g/mol. The minimum atomic E-state index is -0.0439. The number of fused-ring (bicyclic) bond motifs is 2. The van der Waals surface area contributed by atoms with Gasteiger partial charge in [-0.3, -0.25) is 0 Å². The number of nitrogens with two attached hydrogens (primary N) is 1. The number of aromatic amines is 1. The lowest BCUT2D eigenvalue weighted by molar-refractivity contribution is 0.464. The Morgan fingerprint density at radius 3 is 2.77 bits per heavy atom. The van der Waals surface area contributed by atoms with Gasteiger partial charge in [0.2, 0.25) is 0 Å². The third-order valence-electron chi connectivity index (χ3n) is 7.36. The van der Waals surface area contributed by atoms with E-state index in [0.717, 1.165) is 41.1 Å². The first-order valence-electron chi connectivity index (χ1n) is 11.4. The summed E-state index contributed by atoms with van der Waals surface area (Å²) in [5, 5.41) is 1.05. The van der Waals surface area contributed by atoms with Crippen molar-refractivity contribution >= 4 is 11.0 Å². The minimum absolute atomic E-state index is 0.0439. The molecular formula is C27H28N4. The maximum absolute atomic E-state index is 6.46. The molecule has 1 fully saturated rings. The van der Waals surface area contributed by atoms with E-state index in [9.17, 15) is 0 Å². The van der Waals surface area contributed by atoms with Crippen molar-refractivity contribution in [1.29, 1.82) is 0 Å². The summed E-state index contributed by atoms with van der Waals surface area (Å²) in [6, 6.07) is 18.0. The topological polar surface area (TPSA) is 67.6 Å². The van der Waals surface area contributed by atoms with Gasteiger partial charge in [-0.2, -0.15) is 0 Å². The van der Waals surface area contributed by atoms with Crippen LogP contribution in [-0.2, 0) is 24.7 Å². The fourth-order valence-corrected chi connectivity index (χ4v) is 5.31. The van der Waals surface area contributed by atoms with Crippen LogP contribution in [0, 0.1) is 5.92 Å². The summed E-state index contributed by atoms with van der Waals surface area (Å²) in [5.74, 6) is 0.979. The molecular weight excluding hydrogens is 380 g/mol. The lowest BCUT2D eigenvalue weighted by Gasteiger charge is -2.28. The van der Waals surface area contributed by atoms with Gasteiger partial charge < -0.3 is 10.7 Å². The second kappa shape index (κ2) is 7.31. The summed E-state index contributed by atoms with van der Waals surface area (Å²) in [7, 11) is 0. The molecule has 0 amide bonds. The number of nitrogens with one attached hydrogen (secondary N) is 1. The van der Waals surface area contributed by atoms with Crippen LogP contribution in [0.15, 0.2) is 61.1 Å². The molecule has 31 heavy (non-hydrogen) atoms. The highest BCUT2D eigenvalue weighted by molar-refractivity contribution is 5.90. The van der Waals surface area contributed by atoms with Gasteiger partial charge in [-0.15, -0.1) is 0 Å². The Hall–Kier alpha value is -2.98. The Labute approximate surface area is 182 Å². The van der Waals surface area contributed by atoms with Gasteiger partial charge in [0, 0.05) is 29.1 Å².